The van der Waals surface area contributed by atoms with E-state index in [0.717, 1.165) is 12.8 Å². The lowest BCUT2D eigenvalue weighted by Crippen LogP contribution is -2.36. The normalized spacial score (nSPS) is 11.6. The van der Waals surface area contributed by atoms with Gasteiger partial charge in [0.05, 0.1) is 16.1 Å². The lowest BCUT2D eigenvalue weighted by Gasteiger charge is -2.31. The van der Waals surface area contributed by atoms with Gasteiger partial charge in [0.15, 0.2) is 0 Å². The molecular formula is C14H19Cl2NO2. The summed E-state index contributed by atoms with van der Waals surface area (Å²) in [4.78, 5) is 11.8. The lowest BCUT2D eigenvalue weighted by atomic mass is 9.73. The SMILES string of the molecule is CCCC(CCC)(C(=O)O)c1cc(Cl)cc(Cl)c1N. The van der Waals surface area contributed by atoms with E-state index in [-0.39, 0.29) is 0 Å². The van der Waals surface area contributed by atoms with E-state index in [1.54, 1.807) is 6.07 Å². The molecule has 1 rings (SSSR count). The Balaban J connectivity index is 3.51. The summed E-state index contributed by atoms with van der Waals surface area (Å²) in [5, 5.41) is 10.4. The first-order valence-corrected chi connectivity index (χ1v) is 7.13. The second-order valence-electron chi connectivity index (χ2n) is 4.74. The summed E-state index contributed by atoms with van der Waals surface area (Å²) in [6, 6.07) is 3.16. The zero-order valence-electron chi connectivity index (χ0n) is 11.2. The van der Waals surface area contributed by atoms with E-state index in [4.69, 9.17) is 28.9 Å². The van der Waals surface area contributed by atoms with E-state index in [9.17, 15) is 9.90 Å². The maximum atomic E-state index is 11.8. The molecule has 0 spiro atoms. The fourth-order valence-corrected chi connectivity index (χ4v) is 3.05. The van der Waals surface area contributed by atoms with Gasteiger partial charge in [-0.25, -0.2) is 0 Å². The van der Waals surface area contributed by atoms with Crippen molar-refractivity contribution >= 4 is 34.9 Å². The molecule has 0 heterocycles. The minimum Gasteiger partial charge on any atom is -0.481 e. The van der Waals surface area contributed by atoms with Crippen LogP contribution in [0.1, 0.15) is 45.1 Å². The molecule has 1 aromatic carbocycles. The van der Waals surface area contributed by atoms with Crippen molar-refractivity contribution in [1.29, 1.82) is 0 Å². The van der Waals surface area contributed by atoms with Gasteiger partial charge < -0.3 is 10.8 Å². The van der Waals surface area contributed by atoms with Crippen molar-refractivity contribution in [2.45, 2.75) is 44.9 Å². The van der Waals surface area contributed by atoms with E-state index >= 15 is 0 Å². The Labute approximate surface area is 123 Å². The fourth-order valence-electron chi connectivity index (χ4n) is 2.56. The van der Waals surface area contributed by atoms with Gasteiger partial charge in [0, 0.05) is 5.02 Å². The van der Waals surface area contributed by atoms with Crippen LogP contribution in [-0.4, -0.2) is 11.1 Å². The van der Waals surface area contributed by atoms with E-state index in [0.29, 0.717) is 34.1 Å². The Kier molecular flexibility index (Phi) is 5.50. The number of anilines is 1. The molecule has 0 unspecified atom stereocenters. The van der Waals surface area contributed by atoms with Crippen molar-refractivity contribution in [3.63, 3.8) is 0 Å². The number of aliphatic carboxylic acids is 1. The van der Waals surface area contributed by atoms with Crippen molar-refractivity contribution in [3.05, 3.63) is 27.7 Å². The summed E-state index contributed by atoms with van der Waals surface area (Å²) in [6.45, 7) is 3.91. The van der Waals surface area contributed by atoms with Crippen LogP contribution in [0.25, 0.3) is 0 Å². The molecule has 0 bridgehead atoms. The second-order valence-corrected chi connectivity index (χ2v) is 5.58. The molecule has 0 radical (unpaired) electrons. The van der Waals surface area contributed by atoms with Crippen LogP contribution in [0, 0.1) is 0 Å². The van der Waals surface area contributed by atoms with Crippen LogP contribution < -0.4 is 5.73 Å². The Hall–Kier alpha value is -0.930. The molecule has 3 nitrogen and oxygen atoms in total. The van der Waals surface area contributed by atoms with Crippen LogP contribution >= 0.6 is 23.2 Å². The average molecular weight is 304 g/mol. The van der Waals surface area contributed by atoms with Gasteiger partial charge in [-0.1, -0.05) is 49.9 Å². The molecule has 106 valence electrons. The van der Waals surface area contributed by atoms with E-state index in [1.165, 1.54) is 6.07 Å². The number of rotatable bonds is 6. The molecule has 0 saturated heterocycles. The summed E-state index contributed by atoms with van der Waals surface area (Å²) < 4.78 is 0. The number of carboxylic acids is 1. The monoisotopic (exact) mass is 303 g/mol. The Morgan fingerprint density at radius 3 is 2.21 bits per heavy atom. The van der Waals surface area contributed by atoms with Gasteiger partial charge >= 0.3 is 5.97 Å². The minimum atomic E-state index is -1.01. The number of halogens is 2. The van der Waals surface area contributed by atoms with Gasteiger partial charge in [0.1, 0.15) is 0 Å². The predicted molar refractivity (Wildman–Crippen MR) is 80.0 cm³/mol. The summed E-state index contributed by atoms with van der Waals surface area (Å²) in [7, 11) is 0. The summed E-state index contributed by atoms with van der Waals surface area (Å²) in [5.41, 5.74) is 5.81. The average Bonchev–Trinajstić information content (AvgIpc) is 2.33. The molecule has 0 aromatic heterocycles. The minimum absolute atomic E-state index is 0.306. The van der Waals surface area contributed by atoms with Crippen LogP contribution in [0.3, 0.4) is 0 Å². The number of nitrogens with two attached hydrogens (primary N) is 1. The molecule has 0 aliphatic rings. The predicted octanol–water partition coefficient (Wildman–Crippen LogP) is 4.50. The Morgan fingerprint density at radius 2 is 1.79 bits per heavy atom. The fraction of sp³-hybridized carbons (Fsp3) is 0.500. The maximum absolute atomic E-state index is 11.8. The van der Waals surface area contributed by atoms with Crippen LogP contribution in [0.15, 0.2) is 12.1 Å². The molecule has 0 saturated carbocycles. The number of hydrogen-bond acceptors (Lipinski definition) is 2. The zero-order valence-corrected chi connectivity index (χ0v) is 12.7. The largest absolute Gasteiger partial charge is 0.481 e. The van der Waals surface area contributed by atoms with Crippen LogP contribution in [0.2, 0.25) is 10.0 Å². The van der Waals surface area contributed by atoms with E-state index in [2.05, 4.69) is 0 Å². The van der Waals surface area contributed by atoms with Gasteiger partial charge in [0.25, 0.3) is 0 Å². The van der Waals surface area contributed by atoms with Gasteiger partial charge in [-0.3, -0.25) is 4.79 Å². The van der Waals surface area contributed by atoms with E-state index < -0.39 is 11.4 Å². The highest BCUT2D eigenvalue weighted by atomic mass is 35.5. The number of nitrogen functional groups attached to an aromatic ring is 1. The quantitative estimate of drug-likeness (QED) is 0.761. The molecule has 5 heteroatoms. The third kappa shape index (κ3) is 3.15. The van der Waals surface area contributed by atoms with Crippen molar-refractivity contribution < 1.29 is 9.90 Å². The van der Waals surface area contributed by atoms with Gasteiger partial charge in [-0.15, -0.1) is 0 Å². The zero-order chi connectivity index (χ0) is 14.6. The highest BCUT2D eigenvalue weighted by Gasteiger charge is 2.40. The summed E-state index contributed by atoms with van der Waals surface area (Å²) >= 11 is 12.0. The Bertz CT molecular complexity index is 469. The number of benzene rings is 1. The standard InChI is InChI=1S/C14H19Cl2NO2/c1-3-5-14(6-4-2,13(18)19)10-7-9(15)8-11(16)12(10)17/h7-8H,3-6,17H2,1-2H3,(H,18,19). The third-order valence-corrected chi connectivity index (χ3v) is 3.90. The van der Waals surface area contributed by atoms with Crippen molar-refractivity contribution in [2.24, 2.45) is 0 Å². The summed E-state index contributed by atoms with van der Waals surface area (Å²) in [6.07, 6.45) is 2.51. The molecule has 19 heavy (non-hydrogen) atoms. The third-order valence-electron chi connectivity index (χ3n) is 3.37. The molecule has 3 N–H and O–H groups in total. The molecule has 0 atom stereocenters. The van der Waals surface area contributed by atoms with Crippen LogP contribution in [-0.2, 0) is 10.2 Å². The molecule has 1 aromatic rings. The lowest BCUT2D eigenvalue weighted by molar-refractivity contribution is -0.144. The van der Waals surface area contributed by atoms with Crippen molar-refractivity contribution in [3.8, 4) is 0 Å². The van der Waals surface area contributed by atoms with Crippen LogP contribution in [0.5, 0.6) is 0 Å². The second kappa shape index (κ2) is 6.49. The topological polar surface area (TPSA) is 63.3 Å². The number of hydrogen-bond donors (Lipinski definition) is 2. The molecular weight excluding hydrogens is 285 g/mol. The smallest absolute Gasteiger partial charge is 0.314 e. The van der Waals surface area contributed by atoms with Gasteiger partial charge in [-0.2, -0.15) is 0 Å². The molecule has 0 amide bonds. The molecule has 0 fully saturated rings. The first-order chi connectivity index (χ1) is 8.89. The van der Waals surface area contributed by atoms with Crippen molar-refractivity contribution in [2.75, 3.05) is 5.73 Å². The maximum Gasteiger partial charge on any atom is 0.314 e. The van der Waals surface area contributed by atoms with Crippen LogP contribution in [0.4, 0.5) is 5.69 Å². The first-order valence-electron chi connectivity index (χ1n) is 6.37. The highest BCUT2D eigenvalue weighted by Crippen LogP contribution is 2.41. The van der Waals surface area contributed by atoms with E-state index in [1.807, 2.05) is 13.8 Å². The molecule has 0 aliphatic carbocycles. The first kappa shape index (κ1) is 16.1. The Morgan fingerprint density at radius 1 is 1.26 bits per heavy atom. The van der Waals surface area contributed by atoms with Gasteiger partial charge in [0.2, 0.25) is 0 Å². The highest BCUT2D eigenvalue weighted by molar-refractivity contribution is 6.36. The van der Waals surface area contributed by atoms with Gasteiger partial charge in [-0.05, 0) is 30.5 Å². The number of carboxylic acid groups (broad SMARTS) is 1. The summed E-state index contributed by atoms with van der Waals surface area (Å²) in [5.74, 6) is -0.874. The van der Waals surface area contributed by atoms with Crippen molar-refractivity contribution in [1.82, 2.24) is 0 Å². The molecule has 0 aliphatic heterocycles. The number of carbonyl (C=O) groups is 1.